The zero-order valence-electron chi connectivity index (χ0n) is 10.8. The number of hydrogen-bond donors (Lipinski definition) is 1. The van der Waals surface area contributed by atoms with Crippen molar-refractivity contribution in [2.24, 2.45) is 0 Å². The molecule has 0 spiro atoms. The molecule has 4 nitrogen and oxygen atoms in total. The average molecular weight is 279 g/mol. The minimum Gasteiger partial charge on any atom is -0.508 e. The summed E-state index contributed by atoms with van der Waals surface area (Å²) in [6.45, 7) is 4.34. The second-order valence-electron chi connectivity index (χ2n) is 4.68. The Hall–Kier alpha value is -1.81. The fourth-order valence-corrected chi connectivity index (χ4v) is 2.06. The van der Waals surface area contributed by atoms with Crippen LogP contribution in [-0.4, -0.2) is 14.7 Å². The van der Waals surface area contributed by atoms with Crippen LogP contribution in [0.15, 0.2) is 35.1 Å². The second-order valence-corrected chi connectivity index (χ2v) is 5.07. The Morgan fingerprint density at radius 2 is 1.95 bits per heavy atom. The van der Waals surface area contributed by atoms with Crippen LogP contribution in [0.1, 0.15) is 31.2 Å². The maximum absolute atomic E-state index is 12.0. The van der Waals surface area contributed by atoms with Crippen LogP contribution >= 0.6 is 11.6 Å². The first kappa shape index (κ1) is 13.6. The SMILES string of the molecule is CC(C)c1nc(Cl)cc(=O)n1Cc1ccc(O)cc1. The summed E-state index contributed by atoms with van der Waals surface area (Å²) in [7, 11) is 0. The molecule has 0 fully saturated rings. The molecule has 2 rings (SSSR count). The van der Waals surface area contributed by atoms with Crippen molar-refractivity contribution in [2.75, 3.05) is 0 Å². The van der Waals surface area contributed by atoms with E-state index in [4.69, 9.17) is 11.6 Å². The van der Waals surface area contributed by atoms with Crippen molar-refractivity contribution >= 4 is 11.6 Å². The number of rotatable bonds is 3. The van der Waals surface area contributed by atoms with Crippen molar-refractivity contribution in [3.05, 3.63) is 57.2 Å². The summed E-state index contributed by atoms with van der Waals surface area (Å²) in [6.07, 6.45) is 0. The van der Waals surface area contributed by atoms with E-state index in [1.54, 1.807) is 28.8 Å². The number of aromatic hydroxyl groups is 1. The van der Waals surface area contributed by atoms with E-state index in [1.165, 1.54) is 6.07 Å². The van der Waals surface area contributed by atoms with Gasteiger partial charge in [0.1, 0.15) is 16.7 Å². The Bertz CT molecular complexity index is 633. The number of phenols is 1. The Morgan fingerprint density at radius 1 is 1.32 bits per heavy atom. The molecule has 5 heteroatoms. The van der Waals surface area contributed by atoms with Gasteiger partial charge >= 0.3 is 0 Å². The van der Waals surface area contributed by atoms with Crippen molar-refractivity contribution in [1.82, 2.24) is 9.55 Å². The standard InChI is InChI=1S/C14H15ClN2O2/c1-9(2)14-16-12(15)7-13(19)17(14)8-10-3-5-11(18)6-4-10/h3-7,9,18H,8H2,1-2H3. The van der Waals surface area contributed by atoms with Crippen molar-refractivity contribution in [3.63, 3.8) is 0 Å². The summed E-state index contributed by atoms with van der Waals surface area (Å²) in [6, 6.07) is 8.06. The molecular weight excluding hydrogens is 264 g/mol. The summed E-state index contributed by atoms with van der Waals surface area (Å²) in [5, 5.41) is 9.48. The first-order valence-electron chi connectivity index (χ1n) is 6.02. The van der Waals surface area contributed by atoms with Crippen molar-refractivity contribution in [2.45, 2.75) is 26.3 Å². The van der Waals surface area contributed by atoms with Gasteiger partial charge in [-0.3, -0.25) is 9.36 Å². The number of phenolic OH excluding ortho intramolecular Hbond substituents is 1. The van der Waals surface area contributed by atoms with Gasteiger partial charge in [-0.25, -0.2) is 4.98 Å². The monoisotopic (exact) mass is 278 g/mol. The molecule has 0 saturated heterocycles. The van der Waals surface area contributed by atoms with E-state index in [0.29, 0.717) is 12.4 Å². The topological polar surface area (TPSA) is 55.1 Å². The highest BCUT2D eigenvalue weighted by Gasteiger charge is 2.11. The molecule has 19 heavy (non-hydrogen) atoms. The Kier molecular flexibility index (Phi) is 3.90. The molecule has 1 aromatic heterocycles. The van der Waals surface area contributed by atoms with Crippen LogP contribution in [0.25, 0.3) is 0 Å². The molecule has 0 amide bonds. The lowest BCUT2D eigenvalue weighted by atomic mass is 10.1. The zero-order chi connectivity index (χ0) is 14.0. The van der Waals surface area contributed by atoms with E-state index in [0.717, 1.165) is 5.56 Å². The van der Waals surface area contributed by atoms with Crippen LogP contribution in [0.4, 0.5) is 0 Å². The van der Waals surface area contributed by atoms with Gasteiger partial charge in [0.2, 0.25) is 0 Å². The van der Waals surface area contributed by atoms with Gasteiger partial charge in [-0.1, -0.05) is 37.6 Å². The second kappa shape index (κ2) is 5.45. The minimum atomic E-state index is -0.170. The van der Waals surface area contributed by atoms with Gasteiger partial charge in [0, 0.05) is 12.0 Å². The third-order valence-electron chi connectivity index (χ3n) is 2.80. The molecule has 0 saturated carbocycles. The first-order chi connectivity index (χ1) is 8.97. The van der Waals surface area contributed by atoms with Gasteiger partial charge in [0.15, 0.2) is 0 Å². The van der Waals surface area contributed by atoms with Crippen LogP contribution in [0.5, 0.6) is 5.75 Å². The lowest BCUT2D eigenvalue weighted by Crippen LogP contribution is -2.25. The normalized spacial score (nSPS) is 10.9. The van der Waals surface area contributed by atoms with Gasteiger partial charge < -0.3 is 5.11 Å². The molecule has 0 atom stereocenters. The van der Waals surface area contributed by atoms with Gasteiger partial charge in [-0.05, 0) is 17.7 Å². The number of hydrogen-bond acceptors (Lipinski definition) is 3. The summed E-state index contributed by atoms with van der Waals surface area (Å²) in [5.41, 5.74) is 0.752. The zero-order valence-corrected chi connectivity index (χ0v) is 11.6. The quantitative estimate of drug-likeness (QED) is 0.879. The van der Waals surface area contributed by atoms with E-state index in [-0.39, 0.29) is 22.4 Å². The maximum Gasteiger partial charge on any atom is 0.255 e. The molecule has 0 aliphatic heterocycles. The smallest absolute Gasteiger partial charge is 0.255 e. The van der Waals surface area contributed by atoms with Gasteiger partial charge in [-0.2, -0.15) is 0 Å². The van der Waals surface area contributed by atoms with Crippen molar-refractivity contribution in [1.29, 1.82) is 0 Å². The summed E-state index contributed by atoms with van der Waals surface area (Å²) in [4.78, 5) is 16.3. The highest BCUT2D eigenvalue weighted by molar-refractivity contribution is 6.29. The molecule has 0 bridgehead atoms. The third-order valence-corrected chi connectivity index (χ3v) is 2.99. The lowest BCUT2D eigenvalue weighted by molar-refractivity contribution is 0.475. The average Bonchev–Trinajstić information content (AvgIpc) is 2.34. The molecule has 0 aliphatic carbocycles. The van der Waals surface area contributed by atoms with E-state index >= 15 is 0 Å². The molecule has 100 valence electrons. The van der Waals surface area contributed by atoms with E-state index < -0.39 is 0 Å². The van der Waals surface area contributed by atoms with Crippen LogP contribution in [-0.2, 0) is 6.54 Å². The van der Waals surface area contributed by atoms with Crippen LogP contribution in [0, 0.1) is 0 Å². The van der Waals surface area contributed by atoms with Gasteiger partial charge in [-0.15, -0.1) is 0 Å². The fraction of sp³-hybridized carbons (Fsp3) is 0.286. The Balaban J connectivity index is 2.44. The minimum absolute atomic E-state index is 0.100. The van der Waals surface area contributed by atoms with Crippen LogP contribution in [0.3, 0.4) is 0 Å². The van der Waals surface area contributed by atoms with E-state index in [9.17, 15) is 9.90 Å². The highest BCUT2D eigenvalue weighted by atomic mass is 35.5. The summed E-state index contributed by atoms with van der Waals surface area (Å²) < 4.78 is 1.60. The molecule has 0 radical (unpaired) electrons. The molecule has 1 heterocycles. The van der Waals surface area contributed by atoms with Crippen molar-refractivity contribution < 1.29 is 5.11 Å². The van der Waals surface area contributed by atoms with E-state index in [1.807, 2.05) is 13.8 Å². The highest BCUT2D eigenvalue weighted by Crippen LogP contribution is 2.15. The molecular formula is C14H15ClN2O2. The summed E-state index contributed by atoms with van der Waals surface area (Å²) in [5.74, 6) is 0.962. The molecule has 0 unspecified atom stereocenters. The summed E-state index contributed by atoms with van der Waals surface area (Å²) >= 11 is 5.83. The van der Waals surface area contributed by atoms with Gasteiger partial charge in [0.05, 0.1) is 6.54 Å². The van der Waals surface area contributed by atoms with E-state index in [2.05, 4.69) is 4.98 Å². The predicted octanol–water partition coefficient (Wildman–Crippen LogP) is 2.77. The van der Waals surface area contributed by atoms with Crippen LogP contribution in [0.2, 0.25) is 5.15 Å². The molecule has 0 aliphatic rings. The third kappa shape index (κ3) is 3.15. The number of halogens is 1. The Labute approximate surface area is 116 Å². The maximum atomic E-state index is 12.0. The number of benzene rings is 1. The molecule has 1 aromatic carbocycles. The molecule has 1 N–H and O–H groups in total. The molecule has 2 aromatic rings. The van der Waals surface area contributed by atoms with Gasteiger partial charge in [0.25, 0.3) is 5.56 Å². The fourth-order valence-electron chi connectivity index (χ4n) is 1.88. The van der Waals surface area contributed by atoms with Crippen LogP contribution < -0.4 is 5.56 Å². The predicted molar refractivity (Wildman–Crippen MR) is 74.8 cm³/mol. The number of nitrogens with zero attached hydrogens (tertiary/aromatic N) is 2. The van der Waals surface area contributed by atoms with Crippen molar-refractivity contribution in [3.8, 4) is 5.75 Å². The Morgan fingerprint density at radius 3 is 2.53 bits per heavy atom. The number of aromatic nitrogens is 2. The first-order valence-corrected chi connectivity index (χ1v) is 6.40. The largest absolute Gasteiger partial charge is 0.508 e. The lowest BCUT2D eigenvalue weighted by Gasteiger charge is -2.14.